The number of carbonyl (C=O) groups excluding carboxylic acids is 1. The molecule has 0 aromatic rings. The molecule has 10 heavy (non-hydrogen) atoms. The van der Waals surface area contributed by atoms with E-state index in [9.17, 15) is 4.79 Å². The average Bonchev–Trinajstić information content (AvgIpc) is 2.42. The Morgan fingerprint density at radius 3 is 3.00 bits per heavy atom. The molecule has 1 saturated heterocycles. The average molecular weight is 160 g/mol. The lowest BCUT2D eigenvalue weighted by atomic mass is 9.99. The lowest BCUT2D eigenvalue weighted by Gasteiger charge is -2.15. The third-order valence-corrected chi connectivity index (χ3v) is 3.04. The summed E-state index contributed by atoms with van der Waals surface area (Å²) in [5.74, 6) is 1.21. The van der Waals surface area contributed by atoms with Gasteiger partial charge >= 0.3 is 0 Å². The Bertz CT molecular complexity index is 172. The summed E-state index contributed by atoms with van der Waals surface area (Å²) in [5.41, 5.74) is 0. The summed E-state index contributed by atoms with van der Waals surface area (Å²) in [4.78, 5) is 10.9. The van der Waals surface area contributed by atoms with E-state index >= 15 is 0 Å². The van der Waals surface area contributed by atoms with Crippen molar-refractivity contribution in [2.24, 2.45) is 11.8 Å². The summed E-state index contributed by atoms with van der Waals surface area (Å²) in [6, 6.07) is 0.290. The van der Waals surface area contributed by atoms with Crippen molar-refractivity contribution in [3.8, 4) is 0 Å². The van der Waals surface area contributed by atoms with Gasteiger partial charge in [-0.05, 0) is 5.92 Å². The van der Waals surface area contributed by atoms with Crippen molar-refractivity contribution in [1.82, 2.24) is 5.32 Å². The number of rotatable bonds is 0. The van der Waals surface area contributed by atoms with Crippen LogP contribution in [0, 0.1) is 11.8 Å². The van der Waals surface area contributed by atoms with Gasteiger partial charge in [0.1, 0.15) is 0 Å². The molecule has 2 fully saturated rings. The number of hydrogen-bond donors (Lipinski definition) is 1. The number of hydrogen-bond acceptors (Lipinski definition) is 1. The maximum atomic E-state index is 10.9. The van der Waals surface area contributed by atoms with Gasteiger partial charge in [-0.3, -0.25) is 4.79 Å². The van der Waals surface area contributed by atoms with E-state index in [1.165, 1.54) is 0 Å². The number of alkyl halides is 1. The number of nitrogens with one attached hydrogen (secondary N) is 1. The fraction of sp³-hybridized carbons (Fsp3) is 0.857. The van der Waals surface area contributed by atoms with Gasteiger partial charge in [-0.2, -0.15) is 0 Å². The highest BCUT2D eigenvalue weighted by Crippen LogP contribution is 2.46. The quantitative estimate of drug-likeness (QED) is 0.520. The van der Waals surface area contributed by atoms with Gasteiger partial charge in [-0.15, -0.1) is 11.6 Å². The van der Waals surface area contributed by atoms with Gasteiger partial charge in [0.05, 0.1) is 11.4 Å². The summed E-state index contributed by atoms with van der Waals surface area (Å²) in [6.45, 7) is 2.10. The van der Waals surface area contributed by atoms with Gasteiger partial charge in [0.25, 0.3) is 0 Å². The summed E-state index contributed by atoms with van der Waals surface area (Å²) < 4.78 is 0. The molecule has 1 amide bonds. The van der Waals surface area contributed by atoms with Crippen molar-refractivity contribution in [1.29, 1.82) is 0 Å². The Morgan fingerprint density at radius 1 is 1.70 bits per heavy atom. The molecule has 2 nitrogen and oxygen atoms in total. The Labute approximate surface area is 64.9 Å². The van der Waals surface area contributed by atoms with Crippen LogP contribution >= 0.6 is 11.6 Å². The summed E-state index contributed by atoms with van der Waals surface area (Å²) in [5, 5.41) is 3.07. The number of carbonyl (C=O) groups is 1. The number of halogens is 1. The molecule has 3 heteroatoms. The van der Waals surface area contributed by atoms with Gasteiger partial charge < -0.3 is 5.32 Å². The highest BCUT2D eigenvalue weighted by molar-refractivity contribution is 6.24. The standard InChI is InChI=1S/C7H10ClNO/c1-3-2-4(10)9-7-5(3)6(7)8/h3,5-7H,2H2,1H3,(H,9,10)/t3-,5-,6?,7-/m0/s1. The third kappa shape index (κ3) is 0.749. The van der Waals surface area contributed by atoms with Crippen molar-refractivity contribution in [3.05, 3.63) is 0 Å². The molecule has 0 aromatic heterocycles. The van der Waals surface area contributed by atoms with Gasteiger partial charge in [0.2, 0.25) is 5.91 Å². The minimum absolute atomic E-state index is 0.164. The molecule has 0 aromatic carbocycles. The Hall–Kier alpha value is -0.240. The Balaban J connectivity index is 2.09. The number of piperidine rings is 1. The van der Waals surface area contributed by atoms with Crippen molar-refractivity contribution in [2.75, 3.05) is 0 Å². The fourth-order valence-electron chi connectivity index (χ4n) is 1.81. The zero-order chi connectivity index (χ0) is 7.30. The summed E-state index contributed by atoms with van der Waals surface area (Å²) in [7, 11) is 0. The molecule has 4 atom stereocenters. The first-order chi connectivity index (χ1) is 4.70. The predicted molar refractivity (Wildman–Crippen MR) is 38.8 cm³/mol. The number of amides is 1. The van der Waals surface area contributed by atoms with E-state index in [0.717, 1.165) is 0 Å². The molecule has 2 rings (SSSR count). The minimum Gasteiger partial charge on any atom is -0.352 e. The van der Waals surface area contributed by atoms with Gasteiger partial charge in [0, 0.05) is 12.3 Å². The maximum Gasteiger partial charge on any atom is 0.220 e. The normalized spacial score (nSPS) is 51.6. The highest BCUT2D eigenvalue weighted by Gasteiger charge is 2.55. The molecule has 1 heterocycles. The molecule has 56 valence electrons. The van der Waals surface area contributed by atoms with Crippen LogP contribution in [0.2, 0.25) is 0 Å². The monoisotopic (exact) mass is 159 g/mol. The van der Waals surface area contributed by atoms with Gasteiger partial charge in [-0.1, -0.05) is 6.92 Å². The molecular weight excluding hydrogens is 150 g/mol. The SMILES string of the molecule is C[C@H]1CC(=O)N[C@@H]2C(Cl)[C@@H]21. The zero-order valence-electron chi connectivity index (χ0n) is 5.80. The molecule has 0 radical (unpaired) electrons. The first-order valence-corrected chi connectivity index (χ1v) is 4.07. The predicted octanol–water partition coefficient (Wildman–Crippen LogP) is 0.748. The van der Waals surface area contributed by atoms with E-state index in [1.807, 2.05) is 0 Å². The molecule has 1 aliphatic carbocycles. The molecule has 1 saturated carbocycles. The minimum atomic E-state index is 0.164. The number of fused-ring (bicyclic) bond motifs is 1. The molecule has 2 aliphatic rings. The van der Waals surface area contributed by atoms with Crippen LogP contribution in [-0.2, 0) is 4.79 Å². The maximum absolute atomic E-state index is 10.9. The molecule has 1 N–H and O–H groups in total. The van der Waals surface area contributed by atoms with E-state index in [4.69, 9.17) is 11.6 Å². The second kappa shape index (κ2) is 1.88. The summed E-state index contributed by atoms with van der Waals surface area (Å²) >= 11 is 5.90. The molecular formula is C7H10ClNO. The van der Waals surface area contributed by atoms with E-state index in [2.05, 4.69) is 12.2 Å². The van der Waals surface area contributed by atoms with Crippen LogP contribution in [0.1, 0.15) is 13.3 Å². The lowest BCUT2D eigenvalue weighted by Crippen LogP contribution is -2.34. The van der Waals surface area contributed by atoms with Crippen LogP contribution in [0.5, 0.6) is 0 Å². The first kappa shape index (κ1) is 6.47. The first-order valence-electron chi connectivity index (χ1n) is 3.63. The Morgan fingerprint density at radius 2 is 2.40 bits per heavy atom. The van der Waals surface area contributed by atoms with Crippen LogP contribution in [0.15, 0.2) is 0 Å². The van der Waals surface area contributed by atoms with Crippen molar-refractivity contribution < 1.29 is 4.79 Å². The van der Waals surface area contributed by atoms with Crippen LogP contribution in [0.4, 0.5) is 0 Å². The second-order valence-electron chi connectivity index (χ2n) is 3.30. The van der Waals surface area contributed by atoms with Crippen LogP contribution < -0.4 is 5.32 Å². The van der Waals surface area contributed by atoms with Gasteiger partial charge in [-0.25, -0.2) is 0 Å². The second-order valence-corrected chi connectivity index (χ2v) is 3.80. The van der Waals surface area contributed by atoms with Crippen molar-refractivity contribution in [3.63, 3.8) is 0 Å². The third-order valence-electron chi connectivity index (χ3n) is 2.48. The van der Waals surface area contributed by atoms with Crippen molar-refractivity contribution in [2.45, 2.75) is 24.8 Å². The largest absolute Gasteiger partial charge is 0.352 e. The smallest absolute Gasteiger partial charge is 0.220 e. The van der Waals surface area contributed by atoms with Crippen molar-refractivity contribution >= 4 is 17.5 Å². The van der Waals surface area contributed by atoms with E-state index in [-0.39, 0.29) is 17.3 Å². The van der Waals surface area contributed by atoms with E-state index < -0.39 is 0 Å². The molecule has 0 spiro atoms. The van der Waals surface area contributed by atoms with Crippen LogP contribution in [0.25, 0.3) is 0 Å². The topological polar surface area (TPSA) is 29.1 Å². The highest BCUT2D eigenvalue weighted by atomic mass is 35.5. The van der Waals surface area contributed by atoms with Gasteiger partial charge in [0.15, 0.2) is 0 Å². The molecule has 1 unspecified atom stereocenters. The zero-order valence-corrected chi connectivity index (χ0v) is 6.56. The van der Waals surface area contributed by atoms with E-state index in [0.29, 0.717) is 18.3 Å². The van der Waals surface area contributed by atoms with Crippen LogP contribution in [-0.4, -0.2) is 17.3 Å². The molecule has 0 bridgehead atoms. The summed E-state index contributed by atoms with van der Waals surface area (Å²) in [6.07, 6.45) is 0.657. The van der Waals surface area contributed by atoms with E-state index in [1.54, 1.807) is 0 Å². The Kier molecular flexibility index (Phi) is 1.21. The molecule has 1 aliphatic heterocycles. The lowest BCUT2D eigenvalue weighted by molar-refractivity contribution is -0.123. The fourth-order valence-corrected chi connectivity index (χ4v) is 2.36. The van der Waals surface area contributed by atoms with Crippen LogP contribution in [0.3, 0.4) is 0 Å².